The smallest absolute Gasteiger partial charge is 0.262 e. The molecule has 2 aliphatic rings. The summed E-state index contributed by atoms with van der Waals surface area (Å²) < 4.78 is 11.9. The van der Waals surface area contributed by atoms with E-state index in [1.807, 2.05) is 19.1 Å². The van der Waals surface area contributed by atoms with Gasteiger partial charge in [0.1, 0.15) is 17.8 Å². The summed E-state index contributed by atoms with van der Waals surface area (Å²) in [5.74, 6) is -0.598. The van der Waals surface area contributed by atoms with Crippen molar-refractivity contribution in [2.75, 3.05) is 57.9 Å². The number of nitrogens with zero attached hydrogens (tertiary/aromatic N) is 4. The lowest BCUT2D eigenvalue weighted by atomic mass is 10.1. The van der Waals surface area contributed by atoms with Crippen molar-refractivity contribution in [1.29, 1.82) is 0 Å². The summed E-state index contributed by atoms with van der Waals surface area (Å²) in [6.07, 6.45) is 0.722. The van der Waals surface area contributed by atoms with Crippen LogP contribution in [0.2, 0.25) is 0 Å². The van der Waals surface area contributed by atoms with Gasteiger partial charge >= 0.3 is 0 Å². The van der Waals surface area contributed by atoms with Crippen LogP contribution in [0.3, 0.4) is 0 Å². The molecule has 196 valence electrons. The Kier molecular flexibility index (Phi) is 8.43. The molecular formula is C26H29ClN4O5S. The second kappa shape index (κ2) is 11.6. The number of methoxy groups -OCH3 is 1. The van der Waals surface area contributed by atoms with E-state index in [4.69, 9.17) is 14.5 Å². The number of carbonyl (C=O) groups is 3. The number of aryl methyl sites for hydroxylation is 1. The van der Waals surface area contributed by atoms with Crippen LogP contribution in [0.1, 0.15) is 32.7 Å². The average Bonchev–Trinajstić information content (AvgIpc) is 3.44. The predicted octanol–water partition coefficient (Wildman–Crippen LogP) is 3.39. The van der Waals surface area contributed by atoms with E-state index >= 15 is 0 Å². The molecule has 9 nitrogen and oxygen atoms in total. The number of hydrogen-bond acceptors (Lipinski definition) is 8. The SMILES string of the molecule is COc1ccc(C)c2sc(N(CCCN3CCOCC3)C(=O)CN3C(=O)c4ccccc4C3=O)nc12.Cl. The number of amides is 3. The van der Waals surface area contributed by atoms with Crippen molar-refractivity contribution in [1.82, 2.24) is 14.8 Å². The molecule has 1 fully saturated rings. The van der Waals surface area contributed by atoms with Gasteiger partial charge in [-0.2, -0.15) is 0 Å². The lowest BCUT2D eigenvalue weighted by Crippen LogP contribution is -2.44. The Balaban J connectivity index is 0.00000320. The Morgan fingerprint density at radius 1 is 1.11 bits per heavy atom. The largest absolute Gasteiger partial charge is 0.494 e. The first-order chi connectivity index (χ1) is 17.5. The van der Waals surface area contributed by atoms with Gasteiger partial charge in [-0.3, -0.25) is 29.1 Å². The lowest BCUT2D eigenvalue weighted by molar-refractivity contribution is -0.119. The van der Waals surface area contributed by atoms with Gasteiger partial charge in [-0.15, -0.1) is 12.4 Å². The summed E-state index contributed by atoms with van der Waals surface area (Å²) >= 11 is 1.41. The Bertz CT molecular complexity index is 1290. The maximum atomic E-state index is 13.6. The zero-order valence-electron chi connectivity index (χ0n) is 20.8. The van der Waals surface area contributed by atoms with E-state index in [1.165, 1.54) is 11.3 Å². The van der Waals surface area contributed by atoms with Crippen molar-refractivity contribution < 1.29 is 23.9 Å². The number of rotatable bonds is 8. The van der Waals surface area contributed by atoms with Crippen LogP contribution in [0.25, 0.3) is 10.2 Å². The molecule has 0 unspecified atom stereocenters. The van der Waals surface area contributed by atoms with E-state index in [0.29, 0.717) is 47.3 Å². The molecule has 3 heterocycles. The van der Waals surface area contributed by atoms with Crippen LogP contribution in [0, 0.1) is 6.92 Å². The molecule has 2 aliphatic heterocycles. The number of imide groups is 1. The van der Waals surface area contributed by atoms with E-state index < -0.39 is 11.8 Å². The molecule has 0 bridgehead atoms. The Morgan fingerprint density at radius 2 is 1.78 bits per heavy atom. The van der Waals surface area contributed by atoms with Gasteiger partial charge in [0, 0.05) is 26.2 Å². The molecule has 0 N–H and O–H groups in total. The van der Waals surface area contributed by atoms with Crippen LogP contribution in [-0.2, 0) is 9.53 Å². The summed E-state index contributed by atoms with van der Waals surface area (Å²) in [4.78, 5) is 49.1. The third kappa shape index (κ3) is 5.33. The molecule has 5 rings (SSSR count). The predicted molar refractivity (Wildman–Crippen MR) is 144 cm³/mol. The minimum atomic E-state index is -0.445. The van der Waals surface area contributed by atoms with Crippen molar-refractivity contribution in [2.24, 2.45) is 0 Å². The number of anilines is 1. The maximum Gasteiger partial charge on any atom is 0.262 e. The van der Waals surface area contributed by atoms with Crippen LogP contribution in [-0.4, -0.2) is 85.6 Å². The molecule has 0 radical (unpaired) electrons. The highest BCUT2D eigenvalue weighted by atomic mass is 35.5. The molecular weight excluding hydrogens is 516 g/mol. The van der Waals surface area contributed by atoms with Crippen molar-refractivity contribution in [2.45, 2.75) is 13.3 Å². The van der Waals surface area contributed by atoms with Gasteiger partial charge in [0.15, 0.2) is 5.13 Å². The highest BCUT2D eigenvalue weighted by molar-refractivity contribution is 7.22. The summed E-state index contributed by atoms with van der Waals surface area (Å²) in [5.41, 5.74) is 2.39. The number of benzene rings is 2. The van der Waals surface area contributed by atoms with Crippen molar-refractivity contribution in [3.63, 3.8) is 0 Å². The van der Waals surface area contributed by atoms with Crippen LogP contribution < -0.4 is 9.64 Å². The topological polar surface area (TPSA) is 92.3 Å². The Labute approximate surface area is 225 Å². The van der Waals surface area contributed by atoms with Gasteiger partial charge < -0.3 is 9.47 Å². The quantitative estimate of drug-likeness (QED) is 0.401. The maximum absolute atomic E-state index is 13.6. The van der Waals surface area contributed by atoms with E-state index in [9.17, 15) is 14.4 Å². The number of morpholine rings is 1. The van der Waals surface area contributed by atoms with Crippen molar-refractivity contribution in [3.8, 4) is 5.75 Å². The zero-order valence-corrected chi connectivity index (χ0v) is 22.4. The second-order valence-corrected chi connectivity index (χ2v) is 9.83. The molecule has 0 aliphatic carbocycles. The van der Waals surface area contributed by atoms with Gasteiger partial charge in [-0.25, -0.2) is 4.98 Å². The molecule has 0 spiro atoms. The lowest BCUT2D eigenvalue weighted by Gasteiger charge is -2.28. The first-order valence-corrected chi connectivity index (χ1v) is 12.8. The molecule has 0 saturated carbocycles. The highest BCUT2D eigenvalue weighted by Crippen LogP contribution is 2.36. The summed E-state index contributed by atoms with van der Waals surface area (Å²) in [7, 11) is 1.59. The van der Waals surface area contributed by atoms with Gasteiger partial charge in [0.25, 0.3) is 11.8 Å². The van der Waals surface area contributed by atoms with Crippen molar-refractivity contribution >= 4 is 56.8 Å². The van der Waals surface area contributed by atoms with Crippen molar-refractivity contribution in [3.05, 3.63) is 53.1 Å². The van der Waals surface area contributed by atoms with Gasteiger partial charge in [-0.05, 0) is 37.1 Å². The fraction of sp³-hybridized carbons (Fsp3) is 0.385. The Morgan fingerprint density at radius 3 is 2.43 bits per heavy atom. The third-order valence-corrected chi connectivity index (χ3v) is 7.79. The molecule has 1 aromatic heterocycles. The van der Waals surface area contributed by atoms with Gasteiger partial charge in [0.05, 0.1) is 36.2 Å². The van der Waals surface area contributed by atoms with Gasteiger partial charge in [-0.1, -0.05) is 29.5 Å². The normalized spacial score (nSPS) is 15.6. The monoisotopic (exact) mass is 544 g/mol. The highest BCUT2D eigenvalue weighted by Gasteiger charge is 2.37. The molecule has 37 heavy (non-hydrogen) atoms. The molecule has 11 heteroatoms. The number of ether oxygens (including phenoxy) is 2. The summed E-state index contributed by atoms with van der Waals surface area (Å²) in [5, 5.41) is 0.529. The second-order valence-electron chi connectivity index (χ2n) is 8.85. The van der Waals surface area contributed by atoms with E-state index in [1.54, 1.807) is 36.3 Å². The molecule has 2 aromatic carbocycles. The van der Waals surface area contributed by atoms with Crippen LogP contribution in [0.4, 0.5) is 5.13 Å². The molecule has 0 atom stereocenters. The standard InChI is InChI=1S/C26H28N4O5S.ClH/c1-17-8-9-20(34-2)22-23(17)36-26(27-22)29(11-5-10-28-12-14-35-15-13-28)21(31)16-30-24(32)18-6-3-4-7-19(18)25(30)33;/h3-4,6-9H,5,10-16H2,1-2H3;1H. The molecule has 3 amide bonds. The van der Waals surface area contributed by atoms with E-state index in [0.717, 1.165) is 41.2 Å². The van der Waals surface area contributed by atoms with E-state index in [2.05, 4.69) is 4.90 Å². The minimum absolute atomic E-state index is 0. The first kappa shape index (κ1) is 27.0. The number of hydrogen-bond donors (Lipinski definition) is 0. The summed E-state index contributed by atoms with van der Waals surface area (Å²) in [6, 6.07) is 10.5. The zero-order chi connectivity index (χ0) is 25.2. The van der Waals surface area contributed by atoms with E-state index in [-0.39, 0.29) is 24.9 Å². The number of fused-ring (bicyclic) bond motifs is 2. The molecule has 3 aromatic rings. The molecule has 1 saturated heterocycles. The number of carbonyl (C=O) groups excluding carboxylic acids is 3. The number of halogens is 1. The average molecular weight is 545 g/mol. The fourth-order valence-electron chi connectivity index (χ4n) is 4.59. The fourth-order valence-corrected chi connectivity index (χ4v) is 5.68. The van der Waals surface area contributed by atoms with Crippen LogP contribution in [0.5, 0.6) is 5.75 Å². The number of thiazole rings is 1. The summed E-state index contributed by atoms with van der Waals surface area (Å²) in [6.45, 7) is 6.02. The minimum Gasteiger partial charge on any atom is -0.494 e. The van der Waals surface area contributed by atoms with Crippen LogP contribution >= 0.6 is 23.7 Å². The number of aromatic nitrogens is 1. The van der Waals surface area contributed by atoms with Crippen LogP contribution in [0.15, 0.2) is 36.4 Å². The first-order valence-electron chi connectivity index (χ1n) is 12.0. The van der Waals surface area contributed by atoms with Gasteiger partial charge in [0.2, 0.25) is 5.91 Å². The Hall–Kier alpha value is -3.05. The third-order valence-electron chi connectivity index (χ3n) is 6.58.